The van der Waals surface area contributed by atoms with Crippen LogP contribution in [0.2, 0.25) is 10.0 Å². The number of hydrogen-bond donors (Lipinski definition) is 2. The molecule has 146 valence electrons. The van der Waals surface area contributed by atoms with E-state index in [9.17, 15) is 9.59 Å². The molecule has 2 aromatic carbocycles. The molecule has 1 heterocycles. The van der Waals surface area contributed by atoms with Crippen LogP contribution < -0.4 is 15.6 Å². The van der Waals surface area contributed by atoms with E-state index in [0.717, 1.165) is 5.56 Å². The number of benzene rings is 2. The molecule has 0 aliphatic carbocycles. The van der Waals surface area contributed by atoms with Gasteiger partial charge in [-0.15, -0.1) is 11.3 Å². The molecule has 0 spiro atoms. The van der Waals surface area contributed by atoms with E-state index in [4.69, 9.17) is 33.2 Å². The Kier molecular flexibility index (Phi) is 6.67. The highest BCUT2D eigenvalue weighted by Crippen LogP contribution is 2.30. The highest BCUT2D eigenvalue weighted by Gasteiger charge is 2.14. The summed E-state index contributed by atoms with van der Waals surface area (Å²) in [4.78, 5) is 28.2. The number of carbonyl (C=O) groups excluding carboxylic acids is 2. The van der Waals surface area contributed by atoms with Gasteiger partial charge < -0.3 is 4.74 Å². The number of nitrogens with zero attached hydrogens (tertiary/aromatic N) is 2. The Labute approximate surface area is 179 Å². The molecule has 0 saturated heterocycles. The number of rotatable bonds is 5. The molecule has 2 amide bonds. The molecule has 1 aromatic heterocycles. The zero-order valence-corrected chi connectivity index (χ0v) is 16.9. The van der Waals surface area contributed by atoms with Gasteiger partial charge in [-0.05, 0) is 36.4 Å². The number of halogens is 2. The summed E-state index contributed by atoms with van der Waals surface area (Å²) in [5, 5.41) is 11.7. The number of hydrazine groups is 1. The largest absolute Gasteiger partial charge is 0.484 e. The Balaban J connectivity index is 1.51. The molecule has 0 saturated carbocycles. The van der Waals surface area contributed by atoms with Gasteiger partial charge in [0, 0.05) is 10.9 Å². The quantitative estimate of drug-likeness (QED) is 0.579. The summed E-state index contributed by atoms with van der Waals surface area (Å²) in [7, 11) is 0. The summed E-state index contributed by atoms with van der Waals surface area (Å²) in [5.41, 5.74) is 5.88. The van der Waals surface area contributed by atoms with E-state index < -0.39 is 11.8 Å². The summed E-state index contributed by atoms with van der Waals surface area (Å²) in [6.07, 6.45) is 0. The number of ether oxygens (including phenoxy) is 1. The van der Waals surface area contributed by atoms with Gasteiger partial charge in [-0.1, -0.05) is 29.3 Å². The lowest BCUT2D eigenvalue weighted by molar-refractivity contribution is -0.123. The number of amides is 2. The van der Waals surface area contributed by atoms with E-state index in [2.05, 4.69) is 15.8 Å². The fraction of sp³-hybridized carbons (Fsp3) is 0.0526. The minimum atomic E-state index is -0.570. The predicted octanol–water partition coefficient (Wildman–Crippen LogP) is 3.83. The van der Waals surface area contributed by atoms with Crippen molar-refractivity contribution in [1.82, 2.24) is 15.8 Å². The number of hydrogen-bond acceptors (Lipinski definition) is 6. The van der Waals surface area contributed by atoms with Gasteiger partial charge in [0.05, 0.1) is 21.7 Å². The molecule has 3 rings (SSSR count). The number of thiazole rings is 1. The first-order chi connectivity index (χ1) is 14.0. The van der Waals surface area contributed by atoms with E-state index in [1.807, 2.05) is 6.07 Å². The molecule has 0 unspecified atom stereocenters. The van der Waals surface area contributed by atoms with Crippen LogP contribution in [0.3, 0.4) is 0 Å². The SMILES string of the molecule is N#Cc1ccc(OCC(=O)NNC(=O)c2csc(-c3ccc(Cl)c(Cl)c3)n2)cc1. The molecule has 10 heteroatoms. The van der Waals surface area contributed by atoms with Crippen molar-refractivity contribution < 1.29 is 14.3 Å². The number of nitriles is 1. The summed E-state index contributed by atoms with van der Waals surface area (Å²) < 4.78 is 5.28. The molecular weight excluding hydrogens is 435 g/mol. The average molecular weight is 447 g/mol. The van der Waals surface area contributed by atoms with Crippen molar-refractivity contribution in [2.75, 3.05) is 6.61 Å². The Hall–Kier alpha value is -3.12. The zero-order chi connectivity index (χ0) is 20.8. The smallest absolute Gasteiger partial charge is 0.289 e. The van der Waals surface area contributed by atoms with Gasteiger partial charge in [0.25, 0.3) is 11.8 Å². The van der Waals surface area contributed by atoms with Crippen LogP contribution in [0.5, 0.6) is 5.75 Å². The van der Waals surface area contributed by atoms with E-state index in [-0.39, 0.29) is 12.3 Å². The monoisotopic (exact) mass is 446 g/mol. The lowest BCUT2D eigenvalue weighted by Crippen LogP contribution is -2.43. The standard InChI is InChI=1S/C19H12Cl2N4O3S/c20-14-6-3-12(7-15(14)21)19-23-16(10-29-19)18(27)25-24-17(26)9-28-13-4-1-11(8-22)2-5-13/h1-7,10H,9H2,(H,24,26)(H,25,27). The van der Waals surface area contributed by atoms with Crippen LogP contribution >= 0.6 is 34.5 Å². The van der Waals surface area contributed by atoms with E-state index >= 15 is 0 Å². The Morgan fingerprint density at radius 1 is 1.10 bits per heavy atom. The molecule has 3 aromatic rings. The Morgan fingerprint density at radius 2 is 1.86 bits per heavy atom. The second-order valence-corrected chi connectivity index (χ2v) is 7.27. The number of aromatic nitrogens is 1. The molecule has 0 aliphatic rings. The third-order valence-corrected chi connectivity index (χ3v) is 5.20. The minimum Gasteiger partial charge on any atom is -0.484 e. The summed E-state index contributed by atoms with van der Waals surface area (Å²) in [6, 6.07) is 13.3. The van der Waals surface area contributed by atoms with Crippen LogP contribution in [0.1, 0.15) is 16.1 Å². The fourth-order valence-electron chi connectivity index (χ4n) is 2.14. The van der Waals surface area contributed by atoms with Gasteiger partial charge in [0.2, 0.25) is 0 Å². The lowest BCUT2D eigenvalue weighted by atomic mass is 10.2. The van der Waals surface area contributed by atoms with Gasteiger partial charge in [-0.2, -0.15) is 5.26 Å². The first-order valence-corrected chi connectivity index (χ1v) is 9.73. The highest BCUT2D eigenvalue weighted by molar-refractivity contribution is 7.13. The maximum atomic E-state index is 12.2. The fourth-order valence-corrected chi connectivity index (χ4v) is 3.24. The van der Waals surface area contributed by atoms with Gasteiger partial charge in [-0.25, -0.2) is 4.98 Å². The van der Waals surface area contributed by atoms with E-state index in [1.54, 1.807) is 47.8 Å². The van der Waals surface area contributed by atoms with Gasteiger partial charge in [0.15, 0.2) is 6.61 Å². The average Bonchev–Trinajstić information content (AvgIpc) is 3.23. The zero-order valence-electron chi connectivity index (χ0n) is 14.6. The molecule has 0 bridgehead atoms. The summed E-state index contributed by atoms with van der Waals surface area (Å²) in [6.45, 7) is -0.308. The van der Waals surface area contributed by atoms with Crippen LogP contribution in [0.15, 0.2) is 47.8 Å². The minimum absolute atomic E-state index is 0.143. The molecular formula is C19H12Cl2N4O3S. The lowest BCUT2D eigenvalue weighted by Gasteiger charge is -2.08. The van der Waals surface area contributed by atoms with Crippen LogP contribution in [-0.4, -0.2) is 23.4 Å². The van der Waals surface area contributed by atoms with Crippen LogP contribution in [0.4, 0.5) is 0 Å². The van der Waals surface area contributed by atoms with Crippen molar-refractivity contribution >= 4 is 46.4 Å². The predicted molar refractivity (Wildman–Crippen MR) is 110 cm³/mol. The van der Waals surface area contributed by atoms with E-state index in [0.29, 0.717) is 26.4 Å². The molecule has 0 aliphatic heterocycles. The van der Waals surface area contributed by atoms with Crippen LogP contribution in [0.25, 0.3) is 10.6 Å². The maximum Gasteiger partial charge on any atom is 0.289 e. The van der Waals surface area contributed by atoms with Crippen LogP contribution in [-0.2, 0) is 4.79 Å². The molecule has 2 N–H and O–H groups in total. The van der Waals surface area contributed by atoms with Crippen LogP contribution in [0, 0.1) is 11.3 Å². The number of nitrogens with one attached hydrogen (secondary N) is 2. The third-order valence-electron chi connectivity index (χ3n) is 3.57. The van der Waals surface area contributed by atoms with E-state index in [1.165, 1.54) is 11.3 Å². The van der Waals surface area contributed by atoms with Gasteiger partial charge in [-0.3, -0.25) is 20.4 Å². The maximum absolute atomic E-state index is 12.2. The molecule has 0 atom stereocenters. The Bertz CT molecular complexity index is 1090. The second kappa shape index (κ2) is 9.39. The van der Waals surface area contributed by atoms with Gasteiger partial charge in [0.1, 0.15) is 16.5 Å². The van der Waals surface area contributed by atoms with Crippen molar-refractivity contribution in [2.24, 2.45) is 0 Å². The number of carbonyl (C=O) groups is 2. The van der Waals surface area contributed by atoms with Crippen molar-refractivity contribution in [1.29, 1.82) is 5.26 Å². The topological polar surface area (TPSA) is 104 Å². The van der Waals surface area contributed by atoms with Crippen molar-refractivity contribution in [3.63, 3.8) is 0 Å². The molecule has 0 fully saturated rings. The molecule has 7 nitrogen and oxygen atoms in total. The summed E-state index contributed by atoms with van der Waals surface area (Å²) in [5.74, 6) is -0.696. The first kappa shape index (κ1) is 20.6. The Morgan fingerprint density at radius 3 is 2.55 bits per heavy atom. The summed E-state index contributed by atoms with van der Waals surface area (Å²) >= 11 is 13.2. The molecule has 29 heavy (non-hydrogen) atoms. The molecule has 0 radical (unpaired) electrons. The third kappa shape index (κ3) is 5.45. The normalized spacial score (nSPS) is 10.1. The van der Waals surface area contributed by atoms with Crippen molar-refractivity contribution in [2.45, 2.75) is 0 Å². The van der Waals surface area contributed by atoms with Crippen molar-refractivity contribution in [3.8, 4) is 22.4 Å². The van der Waals surface area contributed by atoms with Crippen molar-refractivity contribution in [3.05, 3.63) is 69.1 Å². The highest BCUT2D eigenvalue weighted by atomic mass is 35.5. The van der Waals surface area contributed by atoms with Gasteiger partial charge >= 0.3 is 0 Å². The first-order valence-electron chi connectivity index (χ1n) is 8.09. The second-order valence-electron chi connectivity index (χ2n) is 5.59.